The Hall–Kier alpha value is -1.43. The Balaban J connectivity index is 2.19. The minimum atomic E-state index is -0.816. The fraction of sp³-hybridized carbons (Fsp3) is 0.727. The van der Waals surface area contributed by atoms with Crippen molar-refractivity contribution in [3.05, 3.63) is 11.9 Å². The first-order valence-electron chi connectivity index (χ1n) is 5.94. The topological polar surface area (TPSA) is 88.2 Å². The zero-order valence-corrected chi connectivity index (χ0v) is 9.88. The SMILES string of the molecule is O=C(O)CCc1cn(CCCCCCO)nn1. The first kappa shape index (κ1) is 13.6. The van der Waals surface area contributed by atoms with Gasteiger partial charge in [-0.15, -0.1) is 5.10 Å². The van der Waals surface area contributed by atoms with Crippen molar-refractivity contribution in [3.8, 4) is 0 Å². The van der Waals surface area contributed by atoms with Gasteiger partial charge in [0.15, 0.2) is 0 Å². The van der Waals surface area contributed by atoms with Crippen molar-refractivity contribution in [2.24, 2.45) is 0 Å². The minimum Gasteiger partial charge on any atom is -0.481 e. The highest BCUT2D eigenvalue weighted by atomic mass is 16.4. The predicted octanol–water partition coefficient (Wildman–Crippen LogP) is 0.848. The average Bonchev–Trinajstić information content (AvgIpc) is 2.74. The third-order valence-electron chi connectivity index (χ3n) is 2.48. The monoisotopic (exact) mass is 241 g/mol. The molecule has 0 atom stereocenters. The molecule has 1 aromatic heterocycles. The number of aliphatic hydroxyl groups excluding tert-OH is 1. The summed E-state index contributed by atoms with van der Waals surface area (Å²) in [5.41, 5.74) is 0.725. The summed E-state index contributed by atoms with van der Waals surface area (Å²) in [4.78, 5) is 10.4. The van der Waals surface area contributed by atoms with Crippen LogP contribution in [0.3, 0.4) is 0 Å². The molecule has 0 aliphatic rings. The molecule has 0 unspecified atom stereocenters. The largest absolute Gasteiger partial charge is 0.481 e. The van der Waals surface area contributed by atoms with Crippen molar-refractivity contribution in [2.45, 2.75) is 45.1 Å². The lowest BCUT2D eigenvalue weighted by Crippen LogP contribution is -1.99. The lowest BCUT2D eigenvalue weighted by molar-refractivity contribution is -0.136. The quantitative estimate of drug-likeness (QED) is 0.626. The van der Waals surface area contributed by atoms with E-state index in [4.69, 9.17) is 10.2 Å². The Kier molecular flexibility index (Phi) is 6.24. The van der Waals surface area contributed by atoms with E-state index in [1.54, 1.807) is 10.9 Å². The van der Waals surface area contributed by atoms with Crippen LogP contribution >= 0.6 is 0 Å². The number of aliphatic hydroxyl groups is 1. The number of carbonyl (C=O) groups is 1. The lowest BCUT2D eigenvalue weighted by atomic mass is 10.2. The molecule has 0 aliphatic heterocycles. The third kappa shape index (κ3) is 6.01. The van der Waals surface area contributed by atoms with Crippen LogP contribution in [0, 0.1) is 0 Å². The summed E-state index contributed by atoms with van der Waals surface area (Å²) >= 11 is 0. The summed E-state index contributed by atoms with van der Waals surface area (Å²) in [5.74, 6) is -0.816. The maximum absolute atomic E-state index is 10.4. The van der Waals surface area contributed by atoms with E-state index in [9.17, 15) is 4.79 Å². The van der Waals surface area contributed by atoms with Crippen molar-refractivity contribution < 1.29 is 15.0 Å². The zero-order chi connectivity index (χ0) is 12.5. The van der Waals surface area contributed by atoms with E-state index >= 15 is 0 Å². The Morgan fingerprint density at radius 2 is 2.06 bits per heavy atom. The van der Waals surface area contributed by atoms with Crippen LogP contribution in [0.1, 0.15) is 37.8 Å². The molecule has 1 rings (SSSR count). The summed E-state index contributed by atoms with van der Waals surface area (Å²) in [6.07, 6.45) is 6.26. The van der Waals surface area contributed by atoms with Crippen LogP contribution < -0.4 is 0 Å². The fourth-order valence-corrected chi connectivity index (χ4v) is 1.54. The van der Waals surface area contributed by atoms with Gasteiger partial charge < -0.3 is 10.2 Å². The number of hydrogen-bond acceptors (Lipinski definition) is 4. The summed E-state index contributed by atoms with van der Waals surface area (Å²) in [6, 6.07) is 0. The molecule has 6 heteroatoms. The number of unbranched alkanes of at least 4 members (excludes halogenated alkanes) is 3. The first-order chi connectivity index (χ1) is 8.22. The molecule has 0 amide bonds. The maximum atomic E-state index is 10.4. The van der Waals surface area contributed by atoms with E-state index in [0.29, 0.717) is 6.42 Å². The van der Waals surface area contributed by atoms with Gasteiger partial charge in [-0.25, -0.2) is 0 Å². The molecule has 0 fully saturated rings. The van der Waals surface area contributed by atoms with Gasteiger partial charge in [-0.2, -0.15) is 0 Å². The third-order valence-corrected chi connectivity index (χ3v) is 2.48. The molecule has 96 valence electrons. The summed E-state index contributed by atoms with van der Waals surface area (Å²) in [7, 11) is 0. The van der Waals surface area contributed by atoms with Crippen molar-refractivity contribution in [2.75, 3.05) is 6.61 Å². The molecule has 0 saturated heterocycles. The van der Waals surface area contributed by atoms with E-state index in [-0.39, 0.29) is 13.0 Å². The highest BCUT2D eigenvalue weighted by Crippen LogP contribution is 2.03. The molecular weight excluding hydrogens is 222 g/mol. The smallest absolute Gasteiger partial charge is 0.303 e. The number of carboxylic acids is 1. The zero-order valence-electron chi connectivity index (χ0n) is 9.88. The number of aromatic nitrogens is 3. The van der Waals surface area contributed by atoms with Gasteiger partial charge in [0.25, 0.3) is 0 Å². The van der Waals surface area contributed by atoms with E-state index < -0.39 is 5.97 Å². The Morgan fingerprint density at radius 1 is 1.29 bits per heavy atom. The summed E-state index contributed by atoms with van der Waals surface area (Å²) in [6.45, 7) is 1.05. The van der Waals surface area contributed by atoms with Crippen LogP contribution in [0.5, 0.6) is 0 Å². The van der Waals surface area contributed by atoms with E-state index in [1.165, 1.54) is 0 Å². The molecule has 0 bridgehead atoms. The standard InChI is InChI=1S/C11H19N3O3/c15-8-4-2-1-3-7-14-9-10(12-13-14)5-6-11(16)17/h9,15H,1-8H2,(H,16,17). The van der Waals surface area contributed by atoms with Crippen molar-refractivity contribution in [1.29, 1.82) is 0 Å². The number of aryl methyl sites for hydroxylation is 2. The van der Waals surface area contributed by atoms with Gasteiger partial charge in [0, 0.05) is 25.8 Å². The van der Waals surface area contributed by atoms with Crippen LogP contribution in [-0.2, 0) is 17.8 Å². The normalized spacial score (nSPS) is 10.6. The summed E-state index contributed by atoms with van der Waals surface area (Å²) in [5, 5.41) is 25.0. The maximum Gasteiger partial charge on any atom is 0.303 e. The molecule has 2 N–H and O–H groups in total. The van der Waals surface area contributed by atoms with Gasteiger partial charge in [0.1, 0.15) is 0 Å². The van der Waals surface area contributed by atoms with Crippen LogP contribution in [0.25, 0.3) is 0 Å². The Labute approximate surface area is 100 Å². The molecule has 17 heavy (non-hydrogen) atoms. The van der Waals surface area contributed by atoms with Gasteiger partial charge >= 0.3 is 5.97 Å². The highest BCUT2D eigenvalue weighted by molar-refractivity contribution is 5.66. The van der Waals surface area contributed by atoms with Crippen LogP contribution in [0.4, 0.5) is 0 Å². The number of carboxylic acid groups (broad SMARTS) is 1. The van der Waals surface area contributed by atoms with Gasteiger partial charge in [-0.05, 0) is 12.8 Å². The molecule has 0 aromatic carbocycles. The number of aliphatic carboxylic acids is 1. The second-order valence-corrected chi connectivity index (χ2v) is 4.00. The van der Waals surface area contributed by atoms with Crippen LogP contribution in [-0.4, -0.2) is 37.8 Å². The highest BCUT2D eigenvalue weighted by Gasteiger charge is 2.03. The van der Waals surface area contributed by atoms with Gasteiger partial charge in [0.2, 0.25) is 0 Å². The van der Waals surface area contributed by atoms with Crippen LogP contribution in [0.15, 0.2) is 6.20 Å². The van der Waals surface area contributed by atoms with Crippen molar-refractivity contribution in [3.63, 3.8) is 0 Å². The minimum absolute atomic E-state index is 0.0925. The molecular formula is C11H19N3O3. The molecule has 0 spiro atoms. The van der Waals surface area contributed by atoms with Crippen molar-refractivity contribution in [1.82, 2.24) is 15.0 Å². The van der Waals surface area contributed by atoms with Gasteiger partial charge in [-0.3, -0.25) is 9.48 Å². The Morgan fingerprint density at radius 3 is 2.76 bits per heavy atom. The molecule has 6 nitrogen and oxygen atoms in total. The Bertz CT molecular complexity index is 338. The predicted molar refractivity (Wildman–Crippen MR) is 61.5 cm³/mol. The van der Waals surface area contributed by atoms with Gasteiger partial charge in [0.05, 0.1) is 12.1 Å². The van der Waals surface area contributed by atoms with E-state index in [1.807, 2.05) is 0 Å². The summed E-state index contributed by atoms with van der Waals surface area (Å²) < 4.78 is 1.75. The average molecular weight is 241 g/mol. The molecule has 0 saturated carbocycles. The van der Waals surface area contributed by atoms with Crippen LogP contribution in [0.2, 0.25) is 0 Å². The van der Waals surface area contributed by atoms with E-state index in [2.05, 4.69) is 10.3 Å². The lowest BCUT2D eigenvalue weighted by Gasteiger charge is -1.99. The fourth-order valence-electron chi connectivity index (χ4n) is 1.54. The molecule has 0 radical (unpaired) electrons. The molecule has 1 aromatic rings. The van der Waals surface area contributed by atoms with Gasteiger partial charge in [-0.1, -0.05) is 18.1 Å². The first-order valence-corrected chi connectivity index (χ1v) is 5.94. The number of hydrogen-bond donors (Lipinski definition) is 2. The molecule has 0 aliphatic carbocycles. The van der Waals surface area contributed by atoms with Crippen molar-refractivity contribution >= 4 is 5.97 Å². The second kappa shape index (κ2) is 7.78. The van der Waals surface area contributed by atoms with E-state index in [0.717, 1.165) is 37.9 Å². The molecule has 1 heterocycles. The second-order valence-electron chi connectivity index (χ2n) is 4.00. The number of nitrogens with zero attached hydrogens (tertiary/aromatic N) is 3. The number of rotatable bonds is 9.